The van der Waals surface area contributed by atoms with Crippen molar-refractivity contribution in [3.8, 4) is 0 Å². The van der Waals surface area contributed by atoms with Crippen molar-refractivity contribution in [2.45, 2.75) is 51.0 Å². The fourth-order valence-corrected chi connectivity index (χ4v) is 4.15. The molecule has 0 radical (unpaired) electrons. The summed E-state index contributed by atoms with van der Waals surface area (Å²) in [6, 6.07) is 5.58. The predicted molar refractivity (Wildman–Crippen MR) is 87.9 cm³/mol. The van der Waals surface area contributed by atoms with E-state index >= 15 is 0 Å². The number of rotatable bonds is 3. The van der Waals surface area contributed by atoms with Crippen LogP contribution >= 0.6 is 27.5 Å². The second-order valence-corrected chi connectivity index (χ2v) is 7.19. The van der Waals surface area contributed by atoms with Gasteiger partial charge in [-0.3, -0.25) is 0 Å². The van der Waals surface area contributed by atoms with Crippen LogP contribution < -0.4 is 5.73 Å². The van der Waals surface area contributed by atoms with Gasteiger partial charge in [0, 0.05) is 21.5 Å². The lowest BCUT2D eigenvalue weighted by Crippen LogP contribution is -2.37. The monoisotopic (exact) mass is 359 g/mol. The van der Waals surface area contributed by atoms with Gasteiger partial charge in [-0.2, -0.15) is 0 Å². The van der Waals surface area contributed by atoms with Crippen molar-refractivity contribution in [1.29, 1.82) is 0 Å². The molecule has 0 saturated heterocycles. The third-order valence-corrected chi connectivity index (χ3v) is 5.51. The van der Waals surface area contributed by atoms with Crippen molar-refractivity contribution in [2.24, 2.45) is 11.1 Å². The fourth-order valence-electron chi connectivity index (χ4n) is 3.25. The van der Waals surface area contributed by atoms with E-state index in [0.29, 0.717) is 11.6 Å². The Balaban J connectivity index is 2.28. The van der Waals surface area contributed by atoms with Gasteiger partial charge in [0.15, 0.2) is 0 Å². The van der Waals surface area contributed by atoms with E-state index in [9.17, 15) is 5.11 Å². The Hall–Kier alpha value is -0.0900. The van der Waals surface area contributed by atoms with Crippen molar-refractivity contribution in [3.05, 3.63) is 33.3 Å². The van der Waals surface area contributed by atoms with Crippen LogP contribution in [0.4, 0.5) is 0 Å². The largest absolute Gasteiger partial charge is 0.388 e. The van der Waals surface area contributed by atoms with Crippen molar-refractivity contribution in [2.75, 3.05) is 6.54 Å². The van der Waals surface area contributed by atoms with Gasteiger partial charge in [-0.1, -0.05) is 65.7 Å². The molecule has 0 bridgehead atoms. The summed E-state index contributed by atoms with van der Waals surface area (Å²) in [4.78, 5) is 0. The SMILES string of the molecule is NCC1(C(O)c2ccc(Cl)cc2Br)CCCCCCC1. The van der Waals surface area contributed by atoms with Crippen LogP contribution in [0.3, 0.4) is 0 Å². The maximum Gasteiger partial charge on any atom is 0.0869 e. The molecule has 0 aromatic heterocycles. The maximum absolute atomic E-state index is 10.9. The Morgan fingerprint density at radius 2 is 1.80 bits per heavy atom. The Morgan fingerprint density at radius 3 is 2.35 bits per heavy atom. The molecule has 3 N–H and O–H groups in total. The molecule has 112 valence electrons. The number of hydrogen-bond acceptors (Lipinski definition) is 2. The van der Waals surface area contributed by atoms with E-state index in [1.807, 2.05) is 18.2 Å². The Labute approximate surface area is 134 Å². The maximum atomic E-state index is 10.9. The van der Waals surface area contributed by atoms with Crippen molar-refractivity contribution in [1.82, 2.24) is 0 Å². The molecule has 1 unspecified atom stereocenters. The van der Waals surface area contributed by atoms with Crippen LogP contribution in [0, 0.1) is 5.41 Å². The third kappa shape index (κ3) is 3.56. The minimum Gasteiger partial charge on any atom is -0.388 e. The molecule has 0 aliphatic heterocycles. The summed E-state index contributed by atoms with van der Waals surface area (Å²) in [5.41, 5.74) is 6.78. The van der Waals surface area contributed by atoms with E-state index < -0.39 is 6.10 Å². The zero-order valence-electron chi connectivity index (χ0n) is 11.7. The highest BCUT2D eigenvalue weighted by Gasteiger charge is 2.38. The van der Waals surface area contributed by atoms with E-state index in [0.717, 1.165) is 35.7 Å². The van der Waals surface area contributed by atoms with Gasteiger partial charge in [0.25, 0.3) is 0 Å². The van der Waals surface area contributed by atoms with Crippen molar-refractivity contribution < 1.29 is 5.11 Å². The first-order valence-electron chi connectivity index (χ1n) is 7.42. The van der Waals surface area contributed by atoms with E-state index in [1.165, 1.54) is 19.3 Å². The first-order chi connectivity index (χ1) is 9.59. The first kappa shape index (κ1) is 16.3. The van der Waals surface area contributed by atoms with Crippen LogP contribution in [0.2, 0.25) is 5.02 Å². The summed E-state index contributed by atoms with van der Waals surface area (Å²) in [5, 5.41) is 11.6. The molecule has 2 nitrogen and oxygen atoms in total. The van der Waals surface area contributed by atoms with Gasteiger partial charge in [-0.05, 0) is 30.5 Å². The van der Waals surface area contributed by atoms with Crippen molar-refractivity contribution in [3.63, 3.8) is 0 Å². The van der Waals surface area contributed by atoms with Gasteiger partial charge >= 0.3 is 0 Å². The van der Waals surface area contributed by atoms with Crippen molar-refractivity contribution >= 4 is 27.5 Å². The molecule has 0 spiro atoms. The molecule has 1 aromatic rings. The Morgan fingerprint density at radius 1 is 1.20 bits per heavy atom. The summed E-state index contributed by atoms with van der Waals surface area (Å²) in [7, 11) is 0. The Kier molecular flexibility index (Phi) is 5.91. The molecule has 1 fully saturated rings. The van der Waals surface area contributed by atoms with Crippen LogP contribution in [-0.4, -0.2) is 11.7 Å². The smallest absolute Gasteiger partial charge is 0.0869 e. The molecule has 4 heteroatoms. The highest BCUT2D eigenvalue weighted by molar-refractivity contribution is 9.10. The summed E-state index contributed by atoms with van der Waals surface area (Å²) in [5.74, 6) is 0. The van der Waals surface area contributed by atoms with Gasteiger partial charge < -0.3 is 10.8 Å². The Bertz CT molecular complexity index is 444. The molecule has 1 saturated carbocycles. The van der Waals surface area contributed by atoms with Crippen LogP contribution in [0.25, 0.3) is 0 Å². The topological polar surface area (TPSA) is 46.2 Å². The lowest BCUT2D eigenvalue weighted by Gasteiger charge is -2.39. The second-order valence-electron chi connectivity index (χ2n) is 5.90. The number of halogens is 2. The third-order valence-electron chi connectivity index (χ3n) is 4.59. The fraction of sp³-hybridized carbons (Fsp3) is 0.625. The second kappa shape index (κ2) is 7.26. The summed E-state index contributed by atoms with van der Waals surface area (Å²) < 4.78 is 0.868. The van der Waals surface area contributed by atoms with Gasteiger partial charge in [-0.15, -0.1) is 0 Å². The molecule has 1 aliphatic carbocycles. The average Bonchev–Trinajstić information content (AvgIpc) is 2.38. The zero-order chi connectivity index (χ0) is 14.6. The molecular formula is C16H23BrClNO. The van der Waals surface area contributed by atoms with Gasteiger partial charge in [0.05, 0.1) is 6.10 Å². The minimum absolute atomic E-state index is 0.198. The van der Waals surface area contributed by atoms with Crippen LogP contribution in [0.15, 0.2) is 22.7 Å². The number of aliphatic hydroxyl groups is 1. The van der Waals surface area contributed by atoms with Crippen LogP contribution in [0.1, 0.15) is 56.6 Å². The van der Waals surface area contributed by atoms with E-state index in [2.05, 4.69) is 15.9 Å². The quantitative estimate of drug-likeness (QED) is 0.811. The number of benzene rings is 1. The highest BCUT2D eigenvalue weighted by atomic mass is 79.9. The summed E-state index contributed by atoms with van der Waals surface area (Å²) in [6.07, 6.45) is 7.57. The predicted octanol–water partition coefficient (Wildman–Crippen LogP) is 4.83. The van der Waals surface area contributed by atoms with Gasteiger partial charge in [0.2, 0.25) is 0 Å². The van der Waals surface area contributed by atoms with Crippen LogP contribution in [0.5, 0.6) is 0 Å². The molecule has 0 heterocycles. The standard InChI is InChI=1S/C16H23BrClNO/c17-14-10-12(18)6-7-13(14)15(20)16(11-19)8-4-2-1-3-5-9-16/h6-7,10,15,20H,1-5,8-9,11,19H2. The highest BCUT2D eigenvalue weighted by Crippen LogP contribution is 2.45. The van der Waals surface area contributed by atoms with Gasteiger partial charge in [0.1, 0.15) is 0 Å². The van der Waals surface area contributed by atoms with Gasteiger partial charge in [-0.25, -0.2) is 0 Å². The first-order valence-corrected chi connectivity index (χ1v) is 8.59. The molecule has 1 atom stereocenters. The number of nitrogens with two attached hydrogens (primary N) is 1. The van der Waals surface area contributed by atoms with E-state index in [-0.39, 0.29) is 5.41 Å². The molecule has 20 heavy (non-hydrogen) atoms. The zero-order valence-corrected chi connectivity index (χ0v) is 14.1. The summed E-state index contributed by atoms with van der Waals surface area (Å²) in [6.45, 7) is 0.531. The lowest BCUT2D eigenvalue weighted by molar-refractivity contribution is 0.00800. The number of hydrogen-bond donors (Lipinski definition) is 2. The average molecular weight is 361 g/mol. The van der Waals surface area contributed by atoms with E-state index in [4.69, 9.17) is 17.3 Å². The minimum atomic E-state index is -0.530. The molecular weight excluding hydrogens is 338 g/mol. The lowest BCUT2D eigenvalue weighted by atomic mass is 9.70. The molecule has 0 amide bonds. The molecule has 2 rings (SSSR count). The molecule has 1 aromatic carbocycles. The number of aliphatic hydroxyl groups excluding tert-OH is 1. The normalized spacial score (nSPS) is 21.0. The summed E-state index contributed by atoms with van der Waals surface area (Å²) >= 11 is 9.50. The molecule has 1 aliphatic rings. The van der Waals surface area contributed by atoms with E-state index in [1.54, 1.807) is 0 Å². The van der Waals surface area contributed by atoms with Crippen LogP contribution in [-0.2, 0) is 0 Å².